The number of carbonyl (C=O) groups excluding carboxylic acids is 1. The highest BCUT2D eigenvalue weighted by atomic mass is 127. The Morgan fingerprint density at radius 1 is 1.00 bits per heavy atom. The average molecular weight is 810 g/mol. The molecule has 1 aliphatic heterocycles. The number of carbonyl (C=O) groups is 1. The largest absolute Gasteiger partial charge is 0.497 e. The zero-order chi connectivity index (χ0) is 36.5. The molecule has 4 aromatic carbocycles. The molecular weight excluding hydrogens is 776 g/mol. The van der Waals surface area contributed by atoms with E-state index < -0.39 is 40.7 Å². The standard InChI is InChI=1S/C40H33FIN5O5/c1-4-38(51-35(49)27-14-8-5-9-15-27)26(2)39(41,24-42)52-36(38)47-25-43-32-33(47)44-37(45-34(32)48)46-40(28-16-10-6-11-17-28,29-18-12-7-13-19-29)30-20-22-31(50-3)23-21-30/h1,5-23,25-26,36H,24H2,2-3H3,(H2,44,45,46,48)/t26-,36+,38+,39+/m0/s1. The lowest BCUT2D eigenvalue weighted by Gasteiger charge is -2.37. The van der Waals surface area contributed by atoms with E-state index in [9.17, 15) is 9.59 Å². The first kappa shape index (κ1) is 34.9. The van der Waals surface area contributed by atoms with Crippen molar-refractivity contribution in [2.24, 2.45) is 5.92 Å². The molecule has 0 amide bonds. The summed E-state index contributed by atoms with van der Waals surface area (Å²) >= 11 is 1.87. The highest BCUT2D eigenvalue weighted by Crippen LogP contribution is 2.53. The van der Waals surface area contributed by atoms with Crippen LogP contribution in [-0.2, 0) is 15.0 Å². The number of esters is 1. The third-order valence-electron chi connectivity index (χ3n) is 9.57. The molecule has 0 unspecified atom stereocenters. The van der Waals surface area contributed by atoms with Crippen LogP contribution in [0.1, 0.15) is 40.2 Å². The number of rotatable bonds is 10. The van der Waals surface area contributed by atoms with Gasteiger partial charge in [-0.25, -0.2) is 14.2 Å². The number of hydrogen-bond donors (Lipinski definition) is 2. The number of benzene rings is 4. The van der Waals surface area contributed by atoms with Crippen molar-refractivity contribution in [1.82, 2.24) is 19.5 Å². The predicted molar refractivity (Wildman–Crippen MR) is 203 cm³/mol. The Balaban J connectivity index is 1.40. The number of aromatic amines is 1. The zero-order valence-electron chi connectivity index (χ0n) is 28.1. The molecule has 3 heterocycles. The smallest absolute Gasteiger partial charge is 0.339 e. The summed E-state index contributed by atoms with van der Waals surface area (Å²) in [5.41, 5.74) is -0.915. The van der Waals surface area contributed by atoms with Gasteiger partial charge in [0.05, 0.1) is 29.3 Å². The van der Waals surface area contributed by atoms with Gasteiger partial charge in [0.25, 0.3) is 5.56 Å². The van der Waals surface area contributed by atoms with Crippen molar-refractivity contribution in [1.29, 1.82) is 0 Å². The number of nitrogens with one attached hydrogen (secondary N) is 2. The maximum Gasteiger partial charge on any atom is 0.339 e. The highest BCUT2D eigenvalue weighted by molar-refractivity contribution is 14.1. The van der Waals surface area contributed by atoms with Crippen molar-refractivity contribution in [3.8, 4) is 18.1 Å². The third kappa shape index (κ3) is 5.79. The SMILES string of the molecule is C#C[C@]1(OC(=O)c2ccccc2)[C@H](n2cnc3c(=O)[nH]c(NC(c4ccccc4)(c4ccccc4)c4ccc(OC)cc4)nc32)O[C@](F)(CI)[C@H]1C. The van der Waals surface area contributed by atoms with E-state index in [1.807, 2.05) is 108 Å². The number of aromatic nitrogens is 4. The molecule has 52 heavy (non-hydrogen) atoms. The van der Waals surface area contributed by atoms with Gasteiger partial charge in [-0.15, -0.1) is 6.42 Å². The van der Waals surface area contributed by atoms with Crippen LogP contribution in [0.2, 0.25) is 0 Å². The molecule has 4 atom stereocenters. The van der Waals surface area contributed by atoms with E-state index in [0.29, 0.717) is 5.75 Å². The van der Waals surface area contributed by atoms with E-state index in [1.54, 1.807) is 37.4 Å². The van der Waals surface area contributed by atoms with Crippen LogP contribution >= 0.6 is 22.6 Å². The Kier molecular flexibility index (Phi) is 9.33. The van der Waals surface area contributed by atoms with Gasteiger partial charge in [-0.2, -0.15) is 4.98 Å². The molecule has 6 aromatic rings. The normalized spacial score (nSPS) is 21.4. The minimum absolute atomic E-state index is 0.0290. The first-order valence-corrected chi connectivity index (χ1v) is 17.9. The van der Waals surface area contributed by atoms with Crippen molar-refractivity contribution in [3.63, 3.8) is 0 Å². The summed E-state index contributed by atoms with van der Waals surface area (Å²) in [6.45, 7) is 1.53. The van der Waals surface area contributed by atoms with E-state index in [0.717, 1.165) is 16.7 Å². The fourth-order valence-corrected chi connectivity index (χ4v) is 7.58. The summed E-state index contributed by atoms with van der Waals surface area (Å²) in [6, 6.07) is 35.3. The number of methoxy groups -OCH3 is 1. The van der Waals surface area contributed by atoms with Crippen LogP contribution < -0.4 is 15.6 Å². The molecule has 0 bridgehead atoms. The lowest BCUT2D eigenvalue weighted by Crippen LogP contribution is -2.46. The number of hydrogen-bond acceptors (Lipinski definition) is 8. The van der Waals surface area contributed by atoms with Crippen molar-refractivity contribution < 1.29 is 23.4 Å². The fourth-order valence-electron chi connectivity index (χ4n) is 6.74. The third-order valence-corrected chi connectivity index (χ3v) is 10.6. The van der Waals surface area contributed by atoms with Crippen LogP contribution in [0, 0.1) is 18.3 Å². The Morgan fingerprint density at radius 2 is 1.58 bits per heavy atom. The second kappa shape index (κ2) is 13.9. The molecule has 0 aliphatic carbocycles. The molecule has 0 saturated carbocycles. The van der Waals surface area contributed by atoms with E-state index in [2.05, 4.69) is 21.2 Å². The number of fused-ring (bicyclic) bond motifs is 1. The molecular formula is C40H33FIN5O5. The van der Waals surface area contributed by atoms with Crippen molar-refractivity contribution in [2.75, 3.05) is 16.9 Å². The van der Waals surface area contributed by atoms with Crippen molar-refractivity contribution in [2.45, 2.75) is 30.1 Å². The van der Waals surface area contributed by atoms with Crippen LogP contribution in [0.4, 0.5) is 10.3 Å². The maximum atomic E-state index is 16.6. The predicted octanol–water partition coefficient (Wildman–Crippen LogP) is 7.03. The summed E-state index contributed by atoms with van der Waals surface area (Å²) < 4.78 is 35.3. The van der Waals surface area contributed by atoms with Gasteiger partial charge < -0.3 is 19.5 Å². The van der Waals surface area contributed by atoms with Crippen LogP contribution in [0.15, 0.2) is 126 Å². The molecule has 1 saturated heterocycles. The fraction of sp³-hybridized carbons (Fsp3) is 0.200. The lowest BCUT2D eigenvalue weighted by atomic mass is 9.77. The van der Waals surface area contributed by atoms with Gasteiger partial charge in [0.15, 0.2) is 17.4 Å². The number of alkyl halides is 2. The summed E-state index contributed by atoms with van der Waals surface area (Å²) in [5.74, 6) is -0.895. The minimum atomic E-state index is -2.31. The second-order valence-electron chi connectivity index (χ2n) is 12.4. The van der Waals surface area contributed by atoms with Gasteiger partial charge in [-0.1, -0.05) is 126 Å². The molecule has 0 spiro atoms. The van der Waals surface area contributed by atoms with E-state index in [1.165, 1.54) is 17.8 Å². The van der Waals surface area contributed by atoms with Gasteiger partial charge in [0.2, 0.25) is 17.4 Å². The number of anilines is 1. The van der Waals surface area contributed by atoms with Gasteiger partial charge in [0, 0.05) is 0 Å². The van der Waals surface area contributed by atoms with Crippen LogP contribution in [0.25, 0.3) is 11.2 Å². The number of imidazole rings is 1. The first-order chi connectivity index (χ1) is 25.2. The Labute approximate surface area is 312 Å². The van der Waals surface area contributed by atoms with E-state index in [4.69, 9.17) is 25.6 Å². The number of halogens is 2. The van der Waals surface area contributed by atoms with E-state index in [-0.39, 0.29) is 27.1 Å². The van der Waals surface area contributed by atoms with Gasteiger partial charge in [0.1, 0.15) is 11.3 Å². The Bertz CT molecular complexity index is 2280. The second-order valence-corrected chi connectivity index (χ2v) is 13.1. The molecule has 0 radical (unpaired) electrons. The Hall–Kier alpha value is -5.52. The number of H-pyrrole nitrogens is 1. The highest BCUT2D eigenvalue weighted by Gasteiger charge is 2.65. The number of ether oxygens (including phenoxy) is 3. The summed E-state index contributed by atoms with van der Waals surface area (Å²) in [7, 11) is 1.60. The number of nitrogens with zero attached hydrogens (tertiary/aromatic N) is 3. The van der Waals surface area contributed by atoms with Gasteiger partial charge in [-0.05, 0) is 41.0 Å². The number of terminal acetylenes is 1. The van der Waals surface area contributed by atoms with Crippen molar-refractivity contribution >= 4 is 45.7 Å². The molecule has 1 fully saturated rings. The topological polar surface area (TPSA) is 120 Å². The molecule has 7 rings (SSSR count). The lowest BCUT2D eigenvalue weighted by molar-refractivity contribution is -0.154. The summed E-state index contributed by atoms with van der Waals surface area (Å²) in [5, 5.41) is 3.55. The first-order valence-electron chi connectivity index (χ1n) is 16.4. The maximum absolute atomic E-state index is 16.6. The van der Waals surface area contributed by atoms with Gasteiger partial charge >= 0.3 is 5.97 Å². The van der Waals surface area contributed by atoms with Crippen LogP contribution in [0.3, 0.4) is 0 Å². The minimum Gasteiger partial charge on any atom is -0.497 e. The van der Waals surface area contributed by atoms with E-state index >= 15 is 4.39 Å². The van der Waals surface area contributed by atoms with Crippen molar-refractivity contribution in [3.05, 3.63) is 154 Å². The molecule has 10 nitrogen and oxygen atoms in total. The molecule has 12 heteroatoms. The van der Waals surface area contributed by atoms with Crippen LogP contribution in [0.5, 0.6) is 5.75 Å². The molecule has 2 aromatic heterocycles. The summed E-state index contributed by atoms with van der Waals surface area (Å²) in [6.07, 6.45) is 5.99. The summed E-state index contributed by atoms with van der Waals surface area (Å²) in [4.78, 5) is 39.3. The monoisotopic (exact) mass is 809 g/mol. The quantitative estimate of drug-likeness (QED) is 0.0498. The zero-order valence-corrected chi connectivity index (χ0v) is 30.3. The van der Waals surface area contributed by atoms with Crippen LogP contribution in [-0.4, -0.2) is 48.5 Å². The molecule has 262 valence electrons. The molecule has 1 aliphatic rings. The molecule has 2 N–H and O–H groups in total. The Morgan fingerprint density at radius 3 is 2.13 bits per heavy atom. The van der Waals surface area contributed by atoms with Gasteiger partial charge in [-0.3, -0.25) is 14.3 Å². The average Bonchev–Trinajstić information content (AvgIpc) is 3.71.